The van der Waals surface area contributed by atoms with Gasteiger partial charge in [0.2, 0.25) is 0 Å². The molecule has 23 heavy (non-hydrogen) atoms. The molecule has 0 aliphatic carbocycles. The summed E-state index contributed by atoms with van der Waals surface area (Å²) in [5.41, 5.74) is 0.444. The first-order valence-corrected chi connectivity index (χ1v) is 7.83. The molecule has 2 aromatic rings. The monoisotopic (exact) mass is 316 g/mol. The quantitative estimate of drug-likeness (QED) is 0.861. The zero-order valence-electron chi connectivity index (χ0n) is 13.1. The van der Waals surface area contributed by atoms with Crippen LogP contribution in [-0.4, -0.2) is 39.6 Å². The van der Waals surface area contributed by atoms with Crippen LogP contribution >= 0.6 is 0 Å². The normalized spacial score (nSPS) is 18.7. The Morgan fingerprint density at radius 1 is 1.39 bits per heavy atom. The fourth-order valence-corrected chi connectivity index (χ4v) is 2.84. The van der Waals surface area contributed by atoms with Crippen LogP contribution < -0.4 is 0 Å². The first-order valence-electron chi connectivity index (χ1n) is 7.83. The number of methoxy groups -OCH3 is 1. The summed E-state index contributed by atoms with van der Waals surface area (Å²) in [4.78, 5) is 23.2. The maximum Gasteiger partial charge on any atom is 0.273 e. The Hall–Kier alpha value is -2.28. The molecule has 1 aliphatic rings. The van der Waals surface area contributed by atoms with Crippen molar-refractivity contribution in [3.63, 3.8) is 0 Å². The Kier molecular flexibility index (Phi) is 4.97. The number of rotatable bonds is 4. The zero-order valence-corrected chi connectivity index (χ0v) is 13.1. The van der Waals surface area contributed by atoms with Gasteiger partial charge in [-0.05, 0) is 25.0 Å². The zero-order chi connectivity index (χ0) is 16.1. The highest BCUT2D eigenvalue weighted by Gasteiger charge is 2.31. The minimum absolute atomic E-state index is 0.0874. The molecule has 0 spiro atoms. The Bertz CT molecular complexity index is 644. The summed E-state index contributed by atoms with van der Waals surface area (Å²) in [6.45, 7) is 0.947. The summed E-state index contributed by atoms with van der Waals surface area (Å²) in [5.74, 6) is 0.885. The van der Waals surface area contributed by atoms with E-state index in [1.807, 2.05) is 11.0 Å². The SMILES string of the molecule is COCc1nc(C2CCCCCN2C(=O)c2ccccn2)no1. The van der Waals surface area contributed by atoms with Crippen LogP contribution in [0.4, 0.5) is 0 Å². The van der Waals surface area contributed by atoms with Crippen LogP contribution in [0.25, 0.3) is 0 Å². The molecule has 1 fully saturated rings. The number of amides is 1. The number of aromatic nitrogens is 3. The smallest absolute Gasteiger partial charge is 0.273 e. The molecule has 122 valence electrons. The van der Waals surface area contributed by atoms with E-state index in [9.17, 15) is 4.79 Å². The van der Waals surface area contributed by atoms with Gasteiger partial charge in [0.1, 0.15) is 12.3 Å². The molecular formula is C16H20N4O3. The summed E-state index contributed by atoms with van der Waals surface area (Å²) < 4.78 is 10.2. The summed E-state index contributed by atoms with van der Waals surface area (Å²) in [6.07, 6.45) is 5.55. The summed E-state index contributed by atoms with van der Waals surface area (Å²) in [7, 11) is 1.58. The molecule has 0 saturated carbocycles. The molecule has 0 radical (unpaired) electrons. The third kappa shape index (κ3) is 3.56. The van der Waals surface area contributed by atoms with Crippen molar-refractivity contribution < 1.29 is 14.1 Å². The molecule has 1 aliphatic heterocycles. The van der Waals surface area contributed by atoms with Crippen molar-refractivity contribution in [3.05, 3.63) is 41.8 Å². The maximum atomic E-state index is 12.8. The van der Waals surface area contributed by atoms with Gasteiger partial charge in [-0.15, -0.1) is 0 Å². The minimum Gasteiger partial charge on any atom is -0.375 e. The molecule has 1 amide bonds. The molecular weight excluding hydrogens is 296 g/mol. The molecule has 3 rings (SSSR count). The van der Waals surface area contributed by atoms with Crippen molar-refractivity contribution in [2.24, 2.45) is 0 Å². The van der Waals surface area contributed by atoms with Crippen LogP contribution in [0.15, 0.2) is 28.9 Å². The van der Waals surface area contributed by atoms with Crippen LogP contribution in [0.2, 0.25) is 0 Å². The summed E-state index contributed by atoms with van der Waals surface area (Å²) in [6, 6.07) is 5.17. The highest BCUT2D eigenvalue weighted by molar-refractivity contribution is 5.92. The molecule has 1 saturated heterocycles. The first kappa shape index (κ1) is 15.6. The van der Waals surface area contributed by atoms with E-state index in [2.05, 4.69) is 15.1 Å². The average molecular weight is 316 g/mol. The van der Waals surface area contributed by atoms with Gasteiger partial charge in [0.05, 0.1) is 6.04 Å². The van der Waals surface area contributed by atoms with E-state index in [0.717, 1.165) is 25.7 Å². The van der Waals surface area contributed by atoms with Gasteiger partial charge in [-0.25, -0.2) is 0 Å². The summed E-state index contributed by atoms with van der Waals surface area (Å²) >= 11 is 0. The van der Waals surface area contributed by atoms with Crippen LogP contribution in [0.5, 0.6) is 0 Å². The van der Waals surface area contributed by atoms with E-state index in [1.165, 1.54) is 0 Å². The molecule has 7 nitrogen and oxygen atoms in total. The van der Waals surface area contributed by atoms with Crippen molar-refractivity contribution in [3.8, 4) is 0 Å². The number of carbonyl (C=O) groups excluding carboxylic acids is 1. The highest BCUT2D eigenvalue weighted by Crippen LogP contribution is 2.29. The lowest BCUT2D eigenvalue weighted by atomic mass is 10.1. The lowest BCUT2D eigenvalue weighted by Gasteiger charge is -2.27. The van der Waals surface area contributed by atoms with Gasteiger partial charge in [-0.1, -0.05) is 24.1 Å². The number of ether oxygens (including phenoxy) is 1. The molecule has 7 heteroatoms. The van der Waals surface area contributed by atoms with Crippen molar-refractivity contribution in [1.82, 2.24) is 20.0 Å². The number of likely N-dealkylation sites (tertiary alicyclic amines) is 1. The standard InChI is InChI=1S/C16H20N4O3/c1-22-11-14-18-15(19-23-14)13-8-3-2-6-10-20(13)16(21)12-7-4-5-9-17-12/h4-5,7,9,13H,2-3,6,8,10-11H2,1H3. The van der Waals surface area contributed by atoms with Crippen LogP contribution in [0, 0.1) is 0 Å². The number of carbonyl (C=O) groups is 1. The Labute approximate surface area is 134 Å². The second-order valence-corrected chi connectivity index (χ2v) is 5.56. The predicted molar refractivity (Wildman–Crippen MR) is 81.5 cm³/mol. The van der Waals surface area contributed by atoms with Crippen molar-refractivity contribution in [2.75, 3.05) is 13.7 Å². The number of pyridine rings is 1. The molecule has 0 bridgehead atoms. The van der Waals surface area contributed by atoms with Gasteiger partial charge < -0.3 is 14.2 Å². The Morgan fingerprint density at radius 2 is 2.30 bits per heavy atom. The number of nitrogens with zero attached hydrogens (tertiary/aromatic N) is 4. The second kappa shape index (κ2) is 7.32. The van der Waals surface area contributed by atoms with E-state index in [0.29, 0.717) is 24.0 Å². The van der Waals surface area contributed by atoms with Gasteiger partial charge in [0.25, 0.3) is 11.8 Å². The van der Waals surface area contributed by atoms with Crippen molar-refractivity contribution in [1.29, 1.82) is 0 Å². The molecule has 3 heterocycles. The van der Waals surface area contributed by atoms with E-state index >= 15 is 0 Å². The first-order chi connectivity index (χ1) is 11.3. The highest BCUT2D eigenvalue weighted by atomic mass is 16.5. The van der Waals surface area contributed by atoms with Gasteiger partial charge in [-0.2, -0.15) is 4.98 Å². The van der Waals surface area contributed by atoms with E-state index in [1.54, 1.807) is 25.4 Å². The van der Waals surface area contributed by atoms with Gasteiger partial charge in [-0.3, -0.25) is 9.78 Å². The Balaban J connectivity index is 1.86. The lowest BCUT2D eigenvalue weighted by Crippen LogP contribution is -2.35. The third-order valence-corrected chi connectivity index (χ3v) is 3.95. The third-order valence-electron chi connectivity index (χ3n) is 3.95. The predicted octanol–water partition coefficient (Wildman–Crippen LogP) is 2.37. The fraction of sp³-hybridized carbons (Fsp3) is 0.500. The van der Waals surface area contributed by atoms with Crippen molar-refractivity contribution >= 4 is 5.91 Å². The van der Waals surface area contributed by atoms with Gasteiger partial charge >= 0.3 is 0 Å². The largest absolute Gasteiger partial charge is 0.375 e. The van der Waals surface area contributed by atoms with Crippen LogP contribution in [0.3, 0.4) is 0 Å². The second-order valence-electron chi connectivity index (χ2n) is 5.56. The number of hydrogen-bond donors (Lipinski definition) is 0. The van der Waals surface area contributed by atoms with Crippen LogP contribution in [0.1, 0.15) is 53.9 Å². The van der Waals surface area contributed by atoms with Crippen LogP contribution in [-0.2, 0) is 11.3 Å². The topological polar surface area (TPSA) is 81.4 Å². The van der Waals surface area contributed by atoms with Gasteiger partial charge in [0.15, 0.2) is 5.82 Å². The molecule has 2 aromatic heterocycles. The molecule has 0 N–H and O–H groups in total. The average Bonchev–Trinajstić information content (AvgIpc) is 2.91. The van der Waals surface area contributed by atoms with Gasteiger partial charge in [0, 0.05) is 19.9 Å². The molecule has 0 aromatic carbocycles. The van der Waals surface area contributed by atoms with E-state index < -0.39 is 0 Å². The molecule has 1 atom stereocenters. The minimum atomic E-state index is -0.179. The fourth-order valence-electron chi connectivity index (χ4n) is 2.84. The maximum absolute atomic E-state index is 12.8. The Morgan fingerprint density at radius 3 is 3.09 bits per heavy atom. The van der Waals surface area contributed by atoms with E-state index in [4.69, 9.17) is 9.26 Å². The summed E-state index contributed by atoms with van der Waals surface area (Å²) in [5, 5.41) is 4.05. The van der Waals surface area contributed by atoms with E-state index in [-0.39, 0.29) is 18.6 Å². The van der Waals surface area contributed by atoms with Crippen molar-refractivity contribution in [2.45, 2.75) is 38.3 Å². The lowest BCUT2D eigenvalue weighted by molar-refractivity contribution is 0.0664. The number of hydrogen-bond acceptors (Lipinski definition) is 6. The molecule has 1 unspecified atom stereocenters.